The highest BCUT2D eigenvalue weighted by molar-refractivity contribution is 6.33. The number of aromatic nitrogens is 4. The summed E-state index contributed by atoms with van der Waals surface area (Å²) >= 11 is 6.21. The van der Waals surface area contributed by atoms with Gasteiger partial charge in [0.2, 0.25) is 0 Å². The zero-order chi connectivity index (χ0) is 25.6. The number of nitrogens with zero attached hydrogens (tertiary/aromatic N) is 4. The molecule has 3 aromatic heterocycles. The molecule has 4 aromatic rings. The highest BCUT2D eigenvalue weighted by atomic mass is 35.5. The van der Waals surface area contributed by atoms with Gasteiger partial charge in [-0.1, -0.05) is 39.3 Å². The van der Waals surface area contributed by atoms with E-state index >= 15 is 0 Å². The first kappa shape index (κ1) is 26.5. The highest BCUT2D eigenvalue weighted by Crippen LogP contribution is 2.37. The Morgan fingerprint density at radius 1 is 1.00 bits per heavy atom. The summed E-state index contributed by atoms with van der Waals surface area (Å²) in [5.41, 5.74) is 2.45. The van der Waals surface area contributed by atoms with Gasteiger partial charge in [-0.3, -0.25) is 9.97 Å². The van der Waals surface area contributed by atoms with Gasteiger partial charge in [0.15, 0.2) is 5.82 Å². The average molecular weight is 504 g/mol. The first-order valence-corrected chi connectivity index (χ1v) is 12.1. The normalized spacial score (nSPS) is 11.3. The van der Waals surface area contributed by atoms with E-state index < -0.39 is 11.7 Å². The predicted molar refractivity (Wildman–Crippen MR) is 137 cm³/mol. The molecule has 0 bridgehead atoms. The Morgan fingerprint density at radius 3 is 2.29 bits per heavy atom. The largest absolute Gasteiger partial charge is 0.416 e. The van der Waals surface area contributed by atoms with Gasteiger partial charge in [0.1, 0.15) is 11.2 Å². The van der Waals surface area contributed by atoms with Gasteiger partial charge in [-0.25, -0.2) is 4.98 Å². The predicted octanol–water partition coefficient (Wildman–Crippen LogP) is 8.01. The zero-order valence-corrected chi connectivity index (χ0v) is 21.0. The molecule has 0 aliphatic carbocycles. The van der Waals surface area contributed by atoms with Crippen molar-refractivity contribution in [2.75, 3.05) is 18.0 Å². The molecule has 35 heavy (non-hydrogen) atoms. The lowest BCUT2D eigenvalue weighted by Crippen LogP contribution is -2.25. The van der Waals surface area contributed by atoms with Crippen LogP contribution in [0.25, 0.3) is 33.8 Å². The van der Waals surface area contributed by atoms with Crippen molar-refractivity contribution in [3.8, 4) is 22.8 Å². The van der Waals surface area contributed by atoms with Crippen molar-refractivity contribution in [3.63, 3.8) is 0 Å². The maximum atomic E-state index is 13.6. The summed E-state index contributed by atoms with van der Waals surface area (Å²) in [6.45, 7) is 9.29. The summed E-state index contributed by atoms with van der Waals surface area (Å²) in [4.78, 5) is 18.4. The third-order valence-electron chi connectivity index (χ3n) is 5.26. The van der Waals surface area contributed by atoms with E-state index in [0.29, 0.717) is 52.0 Å². The topological polar surface area (TPSA) is 57.7 Å². The van der Waals surface area contributed by atoms with Crippen LogP contribution in [0.4, 0.5) is 18.9 Å². The van der Waals surface area contributed by atoms with Gasteiger partial charge in [-0.15, -0.1) is 0 Å². The van der Waals surface area contributed by atoms with Crippen LogP contribution in [-0.4, -0.2) is 33.0 Å². The van der Waals surface area contributed by atoms with Gasteiger partial charge in [0.25, 0.3) is 0 Å². The number of fused-ring (bicyclic) bond motifs is 1. The number of hydrogen-bond acceptors (Lipinski definition) is 4. The van der Waals surface area contributed by atoms with Gasteiger partial charge in [-0.05, 0) is 49.2 Å². The molecular formula is C26H29ClF3N5. The minimum absolute atomic E-state index is 0.325. The lowest BCUT2D eigenvalue weighted by Gasteiger charge is -2.25. The Labute approximate surface area is 208 Å². The van der Waals surface area contributed by atoms with E-state index in [1.807, 2.05) is 38.7 Å². The van der Waals surface area contributed by atoms with E-state index in [2.05, 4.69) is 19.9 Å². The molecule has 3 heterocycles. The van der Waals surface area contributed by atoms with Crippen LogP contribution in [0.3, 0.4) is 0 Å². The quantitative estimate of drug-likeness (QED) is 0.277. The fourth-order valence-corrected chi connectivity index (χ4v) is 4.02. The second-order valence-electron chi connectivity index (χ2n) is 7.73. The molecule has 0 radical (unpaired) electrons. The number of anilines is 1. The van der Waals surface area contributed by atoms with E-state index in [1.54, 1.807) is 30.6 Å². The number of rotatable bonds is 7. The van der Waals surface area contributed by atoms with Crippen LogP contribution < -0.4 is 4.90 Å². The molecule has 5 nitrogen and oxygen atoms in total. The standard InChI is InChI=1S/C24H23ClF3N5.C2H6/c1-3-10-33(11-4-2)20-13-16(24(26,27)28)12-19-22(20)32-23(31-19)18-8-7-15(14-30-18)21-17(25)6-5-9-29-21;1-2/h5-9,12-14H,3-4,10-11H2,1-2H3,(H,31,32);1-2H3. The molecule has 0 atom stereocenters. The van der Waals surface area contributed by atoms with E-state index in [4.69, 9.17) is 11.6 Å². The maximum Gasteiger partial charge on any atom is 0.416 e. The van der Waals surface area contributed by atoms with E-state index in [9.17, 15) is 13.2 Å². The summed E-state index contributed by atoms with van der Waals surface area (Å²) in [6, 6.07) is 9.35. The van der Waals surface area contributed by atoms with Crippen molar-refractivity contribution in [2.24, 2.45) is 0 Å². The average Bonchev–Trinajstić information content (AvgIpc) is 3.29. The molecule has 0 fully saturated rings. The Bertz CT molecular complexity index is 1250. The second-order valence-corrected chi connectivity index (χ2v) is 8.13. The molecule has 0 amide bonds. The van der Waals surface area contributed by atoms with E-state index in [1.165, 1.54) is 6.07 Å². The number of imidazole rings is 1. The van der Waals surface area contributed by atoms with Crippen molar-refractivity contribution < 1.29 is 13.2 Å². The van der Waals surface area contributed by atoms with Crippen molar-refractivity contribution in [3.05, 3.63) is 59.4 Å². The number of nitrogens with one attached hydrogen (secondary N) is 1. The van der Waals surface area contributed by atoms with Gasteiger partial charge in [0.05, 0.1) is 27.5 Å². The molecule has 0 aliphatic heterocycles. The fraction of sp³-hybridized carbons (Fsp3) is 0.346. The molecule has 186 valence electrons. The molecule has 0 spiro atoms. The highest BCUT2D eigenvalue weighted by Gasteiger charge is 2.32. The van der Waals surface area contributed by atoms with Crippen LogP contribution in [0.1, 0.15) is 46.1 Å². The Balaban J connectivity index is 0.00000167. The number of hydrogen-bond donors (Lipinski definition) is 1. The zero-order valence-electron chi connectivity index (χ0n) is 20.2. The van der Waals surface area contributed by atoms with Crippen molar-refractivity contribution in [1.82, 2.24) is 19.9 Å². The number of alkyl halides is 3. The van der Waals surface area contributed by atoms with Crippen LogP contribution in [0.2, 0.25) is 5.02 Å². The molecule has 0 saturated heterocycles. The first-order valence-electron chi connectivity index (χ1n) is 11.7. The molecule has 0 aliphatic rings. The van der Waals surface area contributed by atoms with Gasteiger partial charge < -0.3 is 9.88 Å². The van der Waals surface area contributed by atoms with Crippen LogP contribution in [-0.2, 0) is 6.18 Å². The third-order valence-corrected chi connectivity index (χ3v) is 5.56. The minimum Gasteiger partial charge on any atom is -0.370 e. The SMILES string of the molecule is CC.CCCN(CCC)c1cc(C(F)(F)F)cc2[nH]c(-c3ccc(-c4ncccc4Cl)cn3)nc12. The van der Waals surface area contributed by atoms with Crippen LogP contribution >= 0.6 is 11.6 Å². The number of pyridine rings is 2. The lowest BCUT2D eigenvalue weighted by molar-refractivity contribution is -0.137. The summed E-state index contributed by atoms with van der Waals surface area (Å²) < 4.78 is 40.9. The van der Waals surface area contributed by atoms with Gasteiger partial charge >= 0.3 is 6.18 Å². The van der Waals surface area contributed by atoms with E-state index in [0.717, 1.165) is 24.5 Å². The van der Waals surface area contributed by atoms with Crippen LogP contribution in [0, 0.1) is 0 Å². The van der Waals surface area contributed by atoms with Crippen LogP contribution in [0.15, 0.2) is 48.8 Å². The first-order chi connectivity index (χ1) is 16.8. The number of H-pyrrole nitrogens is 1. The van der Waals surface area contributed by atoms with Crippen molar-refractivity contribution in [1.29, 1.82) is 0 Å². The third kappa shape index (κ3) is 5.93. The molecule has 4 rings (SSSR count). The smallest absolute Gasteiger partial charge is 0.370 e. The summed E-state index contributed by atoms with van der Waals surface area (Å²) in [6.07, 6.45) is 0.439. The number of aromatic amines is 1. The van der Waals surface area contributed by atoms with Crippen LogP contribution in [0.5, 0.6) is 0 Å². The summed E-state index contributed by atoms with van der Waals surface area (Å²) in [5.74, 6) is 0.400. The second kappa shape index (κ2) is 11.5. The maximum absolute atomic E-state index is 13.6. The molecule has 0 unspecified atom stereocenters. The number of benzene rings is 1. The van der Waals surface area contributed by atoms with Gasteiger partial charge in [-0.2, -0.15) is 13.2 Å². The van der Waals surface area contributed by atoms with Crippen molar-refractivity contribution >= 4 is 28.3 Å². The molecule has 1 N–H and O–H groups in total. The molecule has 9 heteroatoms. The fourth-order valence-electron chi connectivity index (χ4n) is 3.79. The summed E-state index contributed by atoms with van der Waals surface area (Å²) in [5, 5.41) is 0.507. The Kier molecular flexibility index (Phi) is 8.72. The minimum atomic E-state index is -4.46. The lowest BCUT2D eigenvalue weighted by atomic mass is 10.1. The Hall–Kier alpha value is -3.13. The molecule has 0 saturated carbocycles. The molecular weight excluding hydrogens is 475 g/mol. The summed E-state index contributed by atoms with van der Waals surface area (Å²) in [7, 11) is 0. The van der Waals surface area contributed by atoms with Crippen molar-refractivity contribution in [2.45, 2.75) is 46.7 Å². The molecule has 1 aromatic carbocycles. The monoisotopic (exact) mass is 503 g/mol. The Morgan fingerprint density at radius 2 is 1.71 bits per heavy atom. The van der Waals surface area contributed by atoms with Gasteiger partial charge in [0, 0.05) is 31.0 Å². The number of halogens is 4. The van der Waals surface area contributed by atoms with E-state index in [-0.39, 0.29) is 0 Å².